The van der Waals surface area contributed by atoms with Gasteiger partial charge in [-0.15, -0.1) is 0 Å². The van der Waals surface area contributed by atoms with Gasteiger partial charge in [0.2, 0.25) is 0 Å². The standard InChI is InChI=1S/C34H32N4OS/c1-4-25-12-8-9-16-31(25)37-23(2)22-29(24(37)3)33-32(30-15-10-11-21-35-30)36-34(40)38(33)26-17-19-28(20-18-26)39-27-13-6-5-7-14-27/h5-22,32-33H,4H2,1-3H3,(H,36,40)/t32-,33-/m0/s1. The van der Waals surface area contributed by atoms with Crippen molar-refractivity contribution in [3.63, 3.8) is 0 Å². The summed E-state index contributed by atoms with van der Waals surface area (Å²) in [5.41, 5.74) is 8.12. The maximum Gasteiger partial charge on any atom is 0.174 e. The van der Waals surface area contributed by atoms with E-state index in [1.807, 2.05) is 60.8 Å². The van der Waals surface area contributed by atoms with E-state index in [-0.39, 0.29) is 12.1 Å². The van der Waals surface area contributed by atoms with E-state index >= 15 is 0 Å². The van der Waals surface area contributed by atoms with Crippen molar-refractivity contribution < 1.29 is 4.74 Å². The summed E-state index contributed by atoms with van der Waals surface area (Å²) < 4.78 is 8.43. The van der Waals surface area contributed by atoms with E-state index in [9.17, 15) is 0 Å². The first-order valence-electron chi connectivity index (χ1n) is 13.7. The Morgan fingerprint density at radius 1 is 0.850 bits per heavy atom. The summed E-state index contributed by atoms with van der Waals surface area (Å²) in [4.78, 5) is 6.95. The van der Waals surface area contributed by atoms with Crippen LogP contribution in [0.5, 0.6) is 11.5 Å². The van der Waals surface area contributed by atoms with E-state index in [0.717, 1.165) is 29.3 Å². The molecule has 1 aliphatic rings. The second kappa shape index (κ2) is 11.0. The summed E-state index contributed by atoms with van der Waals surface area (Å²) in [5, 5.41) is 4.27. The van der Waals surface area contributed by atoms with Crippen LogP contribution in [-0.4, -0.2) is 14.7 Å². The van der Waals surface area contributed by atoms with Crippen LogP contribution in [0.4, 0.5) is 5.69 Å². The van der Waals surface area contributed by atoms with Crippen molar-refractivity contribution >= 4 is 23.0 Å². The highest BCUT2D eigenvalue weighted by molar-refractivity contribution is 7.80. The fourth-order valence-corrected chi connectivity index (χ4v) is 6.08. The van der Waals surface area contributed by atoms with Crippen molar-refractivity contribution in [1.29, 1.82) is 0 Å². The van der Waals surface area contributed by atoms with Gasteiger partial charge in [0.15, 0.2) is 5.11 Å². The Bertz CT molecular complexity index is 1630. The van der Waals surface area contributed by atoms with Gasteiger partial charge in [0.05, 0.1) is 17.8 Å². The number of anilines is 1. The van der Waals surface area contributed by atoms with Gasteiger partial charge in [-0.1, -0.05) is 49.4 Å². The predicted molar refractivity (Wildman–Crippen MR) is 166 cm³/mol. The maximum absolute atomic E-state index is 6.05. The first kappa shape index (κ1) is 25.8. The van der Waals surface area contributed by atoms with Crippen molar-refractivity contribution in [3.8, 4) is 17.2 Å². The minimum absolute atomic E-state index is 0.0861. The monoisotopic (exact) mass is 544 g/mol. The molecule has 0 radical (unpaired) electrons. The van der Waals surface area contributed by atoms with Gasteiger partial charge in [-0.05, 0) is 104 Å². The van der Waals surface area contributed by atoms with Crippen LogP contribution in [0.25, 0.3) is 5.69 Å². The van der Waals surface area contributed by atoms with E-state index in [0.29, 0.717) is 5.11 Å². The Morgan fingerprint density at radius 2 is 1.55 bits per heavy atom. The van der Waals surface area contributed by atoms with E-state index < -0.39 is 0 Å². The molecule has 200 valence electrons. The van der Waals surface area contributed by atoms with Crippen LogP contribution < -0.4 is 15.0 Å². The average molecular weight is 545 g/mol. The lowest BCUT2D eigenvalue weighted by Crippen LogP contribution is -2.29. The second-order valence-electron chi connectivity index (χ2n) is 10.0. The third-order valence-electron chi connectivity index (χ3n) is 7.59. The highest BCUT2D eigenvalue weighted by Crippen LogP contribution is 2.44. The zero-order valence-corrected chi connectivity index (χ0v) is 23.7. The molecule has 5 nitrogen and oxygen atoms in total. The SMILES string of the molecule is CCc1ccccc1-n1c(C)cc([C@H]2[C@H](c3ccccn3)NC(=S)N2c2ccc(Oc3ccccc3)cc2)c1C. The number of aromatic nitrogens is 2. The highest BCUT2D eigenvalue weighted by Gasteiger charge is 2.42. The zero-order chi connectivity index (χ0) is 27.6. The predicted octanol–water partition coefficient (Wildman–Crippen LogP) is 8.02. The van der Waals surface area contributed by atoms with E-state index in [2.05, 4.69) is 84.1 Å². The maximum atomic E-state index is 6.05. The van der Waals surface area contributed by atoms with Crippen LogP contribution in [0.15, 0.2) is 109 Å². The van der Waals surface area contributed by atoms with Crippen LogP contribution >= 0.6 is 12.2 Å². The Hall–Kier alpha value is -4.42. The molecule has 5 aromatic rings. The van der Waals surface area contributed by atoms with E-state index in [4.69, 9.17) is 21.9 Å². The molecular formula is C34H32N4OS. The average Bonchev–Trinajstić information content (AvgIpc) is 3.49. The van der Waals surface area contributed by atoms with Crippen LogP contribution in [0, 0.1) is 13.8 Å². The van der Waals surface area contributed by atoms with Crippen molar-refractivity contribution in [2.24, 2.45) is 0 Å². The number of para-hydroxylation sites is 2. The third kappa shape index (κ3) is 4.75. The molecule has 1 aliphatic heterocycles. The molecule has 6 heteroatoms. The van der Waals surface area contributed by atoms with Crippen molar-refractivity contribution in [1.82, 2.24) is 14.9 Å². The summed E-state index contributed by atoms with van der Waals surface area (Å²) in [6.07, 6.45) is 2.81. The molecule has 0 aliphatic carbocycles. The Balaban J connectivity index is 1.43. The number of rotatable bonds is 7. The highest BCUT2D eigenvalue weighted by atomic mass is 32.1. The van der Waals surface area contributed by atoms with Crippen molar-refractivity contribution in [3.05, 3.63) is 138 Å². The number of thiocarbonyl (C=S) groups is 1. The molecule has 3 aromatic carbocycles. The molecule has 1 fully saturated rings. The van der Waals surface area contributed by atoms with Gasteiger partial charge in [0.25, 0.3) is 0 Å². The smallest absolute Gasteiger partial charge is 0.174 e. The molecule has 40 heavy (non-hydrogen) atoms. The number of hydrogen-bond donors (Lipinski definition) is 1. The van der Waals surface area contributed by atoms with Gasteiger partial charge in [0, 0.05) is 29.0 Å². The molecule has 0 spiro atoms. The van der Waals surface area contributed by atoms with Crippen molar-refractivity contribution in [2.75, 3.05) is 4.90 Å². The number of benzene rings is 3. The van der Waals surface area contributed by atoms with Gasteiger partial charge < -0.3 is 19.5 Å². The lowest BCUT2D eigenvalue weighted by Gasteiger charge is -2.28. The van der Waals surface area contributed by atoms with Gasteiger partial charge in [-0.3, -0.25) is 4.98 Å². The first-order chi connectivity index (χ1) is 19.5. The van der Waals surface area contributed by atoms with E-state index in [1.54, 1.807) is 0 Å². The van der Waals surface area contributed by atoms with Gasteiger partial charge >= 0.3 is 0 Å². The summed E-state index contributed by atoms with van der Waals surface area (Å²) in [6.45, 7) is 6.59. The van der Waals surface area contributed by atoms with Crippen LogP contribution in [-0.2, 0) is 6.42 Å². The van der Waals surface area contributed by atoms with E-state index in [1.165, 1.54) is 28.2 Å². The molecule has 0 unspecified atom stereocenters. The number of nitrogens with zero attached hydrogens (tertiary/aromatic N) is 3. The fourth-order valence-electron chi connectivity index (χ4n) is 5.73. The first-order valence-corrected chi connectivity index (χ1v) is 14.1. The summed E-state index contributed by atoms with van der Waals surface area (Å²) >= 11 is 5.98. The molecule has 6 rings (SSSR count). The summed E-state index contributed by atoms with van der Waals surface area (Å²) in [7, 11) is 0. The quantitative estimate of drug-likeness (QED) is 0.210. The topological polar surface area (TPSA) is 42.3 Å². The zero-order valence-electron chi connectivity index (χ0n) is 22.9. The van der Waals surface area contributed by atoms with Crippen LogP contribution in [0.2, 0.25) is 0 Å². The number of ether oxygens (including phenoxy) is 1. The number of nitrogens with one attached hydrogen (secondary N) is 1. The molecule has 2 atom stereocenters. The molecule has 0 bridgehead atoms. The lowest BCUT2D eigenvalue weighted by molar-refractivity contribution is 0.482. The Kier molecular flexibility index (Phi) is 7.10. The van der Waals surface area contributed by atoms with Crippen LogP contribution in [0.1, 0.15) is 47.2 Å². The number of hydrogen-bond acceptors (Lipinski definition) is 3. The van der Waals surface area contributed by atoms with Crippen molar-refractivity contribution in [2.45, 2.75) is 39.3 Å². The second-order valence-corrected chi connectivity index (χ2v) is 10.4. The fraction of sp³-hybridized carbons (Fsp3) is 0.176. The molecule has 0 amide bonds. The van der Waals surface area contributed by atoms with Gasteiger partial charge in [0.1, 0.15) is 11.5 Å². The normalized spacial score (nSPS) is 16.7. The van der Waals surface area contributed by atoms with Gasteiger partial charge in [-0.25, -0.2) is 0 Å². The summed E-state index contributed by atoms with van der Waals surface area (Å²) in [6, 6.07) is 34.8. The lowest BCUT2D eigenvalue weighted by atomic mass is 9.96. The Morgan fingerprint density at radius 3 is 2.27 bits per heavy atom. The molecule has 0 saturated carbocycles. The minimum atomic E-state index is -0.107. The molecule has 3 heterocycles. The third-order valence-corrected chi connectivity index (χ3v) is 7.91. The molecule has 1 N–H and O–H groups in total. The number of pyridine rings is 1. The molecule has 1 saturated heterocycles. The molecule has 2 aromatic heterocycles. The Labute approximate surface area is 241 Å². The molecular weight excluding hydrogens is 512 g/mol. The number of aryl methyl sites for hydroxylation is 2. The minimum Gasteiger partial charge on any atom is -0.457 e. The van der Waals surface area contributed by atoms with Crippen LogP contribution in [0.3, 0.4) is 0 Å². The van der Waals surface area contributed by atoms with Gasteiger partial charge in [-0.2, -0.15) is 0 Å². The summed E-state index contributed by atoms with van der Waals surface area (Å²) in [5.74, 6) is 1.58. The largest absolute Gasteiger partial charge is 0.457 e.